The zero-order valence-electron chi connectivity index (χ0n) is 12.8. The molecule has 21 heavy (non-hydrogen) atoms. The molecule has 0 radical (unpaired) electrons. The van der Waals surface area contributed by atoms with Crippen LogP contribution < -0.4 is 0 Å². The highest BCUT2D eigenvalue weighted by Gasteiger charge is 2.66. The first kappa shape index (κ1) is 14.1. The molecule has 1 aromatic rings. The first-order valence-corrected chi connectivity index (χ1v) is 9.09. The number of aliphatic hydroxyl groups excluding tert-OH is 1. The summed E-state index contributed by atoms with van der Waals surface area (Å²) in [5.41, 5.74) is 1.59. The lowest BCUT2D eigenvalue weighted by atomic mass is 9.69. The van der Waals surface area contributed by atoms with Crippen molar-refractivity contribution in [1.29, 1.82) is 0 Å². The van der Waals surface area contributed by atoms with Crippen LogP contribution in [0.25, 0.3) is 0 Å². The Balaban J connectivity index is 1.54. The van der Waals surface area contributed by atoms with Gasteiger partial charge in [0.1, 0.15) is 11.5 Å². The predicted molar refractivity (Wildman–Crippen MR) is 86.1 cm³/mol. The van der Waals surface area contributed by atoms with Crippen LogP contribution in [0, 0.1) is 16.7 Å². The lowest BCUT2D eigenvalue weighted by Crippen LogP contribution is -2.48. The molecule has 4 rings (SSSR count). The minimum atomic E-state index is -0.518. The summed E-state index contributed by atoms with van der Waals surface area (Å²) in [6.45, 7) is 4.87. The van der Waals surface area contributed by atoms with Gasteiger partial charge < -0.3 is 9.84 Å². The first-order chi connectivity index (χ1) is 10.0. The van der Waals surface area contributed by atoms with Crippen LogP contribution in [0.2, 0.25) is 0 Å². The molecule has 1 spiro atoms. The van der Waals surface area contributed by atoms with Crippen LogP contribution in [0.5, 0.6) is 0 Å². The van der Waals surface area contributed by atoms with E-state index in [1.807, 2.05) is 42.1 Å². The van der Waals surface area contributed by atoms with Crippen LogP contribution in [0.1, 0.15) is 44.8 Å². The van der Waals surface area contributed by atoms with E-state index in [1.165, 1.54) is 19.3 Å². The van der Waals surface area contributed by atoms with Crippen molar-refractivity contribution in [3.63, 3.8) is 0 Å². The second-order valence-corrected chi connectivity index (χ2v) is 8.60. The van der Waals surface area contributed by atoms with Gasteiger partial charge in [-0.05, 0) is 36.2 Å². The molecule has 3 aliphatic rings. The van der Waals surface area contributed by atoms with Gasteiger partial charge in [0.25, 0.3) is 0 Å². The van der Waals surface area contributed by atoms with Crippen molar-refractivity contribution in [3.05, 3.63) is 35.9 Å². The predicted octanol–water partition coefficient (Wildman–Crippen LogP) is 4.00. The number of fused-ring (bicyclic) bond motifs is 1. The Morgan fingerprint density at radius 3 is 2.76 bits per heavy atom. The Morgan fingerprint density at radius 2 is 2.05 bits per heavy atom. The molecule has 0 aromatic heterocycles. The van der Waals surface area contributed by atoms with Gasteiger partial charge in [-0.15, -0.1) is 11.8 Å². The molecular formula is C18H24O2S. The van der Waals surface area contributed by atoms with Crippen molar-refractivity contribution < 1.29 is 9.84 Å². The molecule has 2 nitrogen and oxygen atoms in total. The third-order valence-corrected chi connectivity index (χ3v) is 7.94. The maximum Gasteiger partial charge on any atom is 0.133 e. The molecule has 1 heterocycles. The third kappa shape index (κ3) is 1.87. The lowest BCUT2D eigenvalue weighted by molar-refractivity contribution is -0.0990. The van der Waals surface area contributed by atoms with E-state index in [0.717, 1.165) is 17.2 Å². The van der Waals surface area contributed by atoms with Gasteiger partial charge in [0, 0.05) is 11.2 Å². The van der Waals surface area contributed by atoms with Gasteiger partial charge in [0.05, 0.1) is 6.10 Å². The Labute approximate surface area is 131 Å². The molecule has 0 amide bonds. The van der Waals surface area contributed by atoms with E-state index < -0.39 is 6.10 Å². The largest absolute Gasteiger partial charge is 0.385 e. The van der Waals surface area contributed by atoms with Gasteiger partial charge in [-0.3, -0.25) is 0 Å². The van der Waals surface area contributed by atoms with E-state index in [0.29, 0.717) is 16.9 Å². The third-order valence-electron chi connectivity index (χ3n) is 6.56. The van der Waals surface area contributed by atoms with Gasteiger partial charge in [-0.1, -0.05) is 44.2 Å². The van der Waals surface area contributed by atoms with E-state index in [4.69, 9.17) is 4.74 Å². The fourth-order valence-corrected chi connectivity index (χ4v) is 6.65. The average Bonchev–Trinajstić information content (AvgIpc) is 2.89. The van der Waals surface area contributed by atoms with Gasteiger partial charge >= 0.3 is 0 Å². The molecule has 1 aliphatic heterocycles. The van der Waals surface area contributed by atoms with Gasteiger partial charge in [0.15, 0.2) is 0 Å². The maximum atomic E-state index is 10.6. The zero-order valence-corrected chi connectivity index (χ0v) is 13.6. The molecule has 1 N–H and O–H groups in total. The minimum absolute atomic E-state index is 0.113. The summed E-state index contributed by atoms with van der Waals surface area (Å²) >= 11 is 1.82. The fraction of sp³-hybridized carbons (Fsp3) is 0.667. The number of hydrogen-bond donors (Lipinski definition) is 1. The summed E-state index contributed by atoms with van der Waals surface area (Å²) in [5.74, 6) is 1.94. The van der Waals surface area contributed by atoms with Crippen LogP contribution in [-0.2, 0) is 4.74 Å². The van der Waals surface area contributed by atoms with E-state index in [9.17, 15) is 5.11 Å². The van der Waals surface area contributed by atoms with Crippen molar-refractivity contribution in [3.8, 4) is 0 Å². The van der Waals surface area contributed by atoms with Crippen LogP contribution in [0.3, 0.4) is 0 Å². The van der Waals surface area contributed by atoms with Crippen LogP contribution in [-0.4, -0.2) is 22.4 Å². The molecule has 3 heteroatoms. The summed E-state index contributed by atoms with van der Waals surface area (Å²) in [6.07, 6.45) is 3.67. The molecule has 3 fully saturated rings. The van der Waals surface area contributed by atoms with Crippen molar-refractivity contribution in [2.45, 2.75) is 50.8 Å². The quantitative estimate of drug-likeness (QED) is 0.895. The molecule has 2 saturated carbocycles. The monoisotopic (exact) mass is 304 g/mol. The average molecular weight is 304 g/mol. The Bertz CT molecular complexity index is 529. The number of hydrogen-bond acceptors (Lipinski definition) is 3. The molecule has 5 atom stereocenters. The molecule has 0 unspecified atom stereocenters. The van der Waals surface area contributed by atoms with Crippen molar-refractivity contribution in [1.82, 2.24) is 0 Å². The topological polar surface area (TPSA) is 29.5 Å². The van der Waals surface area contributed by atoms with Gasteiger partial charge in [-0.25, -0.2) is 0 Å². The Hall–Kier alpha value is -0.510. The molecular weight excluding hydrogens is 280 g/mol. The van der Waals surface area contributed by atoms with Gasteiger partial charge in [0.2, 0.25) is 0 Å². The zero-order chi connectivity index (χ0) is 14.7. The summed E-state index contributed by atoms with van der Waals surface area (Å²) in [4.78, 5) is 0. The smallest absolute Gasteiger partial charge is 0.133 e. The lowest BCUT2D eigenvalue weighted by Gasteiger charge is -2.48. The fourth-order valence-electron chi connectivity index (χ4n) is 4.94. The number of rotatable bonds is 2. The molecule has 1 saturated heterocycles. The summed E-state index contributed by atoms with van der Waals surface area (Å²) < 4.78 is 6.40. The summed E-state index contributed by atoms with van der Waals surface area (Å²) in [5, 5.41) is 10.6. The normalized spacial score (nSPS) is 41.8. The number of ether oxygens (including phenoxy) is 1. The van der Waals surface area contributed by atoms with E-state index in [2.05, 4.69) is 13.8 Å². The van der Waals surface area contributed by atoms with E-state index in [1.54, 1.807) is 0 Å². The Kier molecular flexibility index (Phi) is 3.18. The van der Waals surface area contributed by atoms with Crippen LogP contribution >= 0.6 is 11.8 Å². The van der Waals surface area contributed by atoms with Crippen molar-refractivity contribution >= 4 is 11.8 Å². The van der Waals surface area contributed by atoms with Crippen molar-refractivity contribution in [2.75, 3.05) is 5.75 Å². The molecule has 2 bridgehead atoms. The number of thioether (sulfide) groups is 1. The van der Waals surface area contributed by atoms with E-state index >= 15 is 0 Å². The second kappa shape index (κ2) is 4.74. The highest BCUT2D eigenvalue weighted by molar-refractivity contribution is 7.99. The molecule has 2 aliphatic carbocycles. The second-order valence-electron chi connectivity index (χ2n) is 7.51. The van der Waals surface area contributed by atoms with Crippen LogP contribution in [0.15, 0.2) is 30.3 Å². The summed E-state index contributed by atoms with van der Waals surface area (Å²) in [6, 6.07) is 9.92. The SMILES string of the molecule is CC1(C)[C@@H]2CC[C@]13CS[C@H]([C@H](O)c1ccccc1)O[C@@H]3C2. The van der Waals surface area contributed by atoms with E-state index in [-0.39, 0.29) is 5.44 Å². The highest BCUT2D eigenvalue weighted by Crippen LogP contribution is 2.69. The minimum Gasteiger partial charge on any atom is -0.385 e. The number of benzene rings is 1. The highest BCUT2D eigenvalue weighted by atomic mass is 32.2. The summed E-state index contributed by atoms with van der Waals surface area (Å²) in [7, 11) is 0. The van der Waals surface area contributed by atoms with Gasteiger partial charge in [-0.2, -0.15) is 0 Å². The molecule has 1 aromatic carbocycles. The standard InChI is InChI=1S/C18H24O2S/c1-17(2)13-8-9-18(17)11-21-16(20-14(18)10-13)15(19)12-6-4-3-5-7-12/h3-7,13-16,19H,8-11H2,1-2H3/t13-,14-,15-,16-,18-/m1/s1. The first-order valence-electron chi connectivity index (χ1n) is 8.05. The molecule has 114 valence electrons. The van der Waals surface area contributed by atoms with Crippen LogP contribution in [0.4, 0.5) is 0 Å². The maximum absolute atomic E-state index is 10.6. The number of aliphatic hydroxyl groups is 1. The van der Waals surface area contributed by atoms with Crippen molar-refractivity contribution in [2.24, 2.45) is 16.7 Å². The Morgan fingerprint density at radius 1 is 1.29 bits per heavy atom.